The quantitative estimate of drug-likeness (QED) is 0.418. The second-order valence-electron chi connectivity index (χ2n) is 10.4. The van der Waals surface area contributed by atoms with Crippen LogP contribution in [-0.4, -0.2) is 11.2 Å². The molecule has 3 unspecified atom stereocenters. The highest BCUT2D eigenvalue weighted by atomic mass is 14.8. The second-order valence-corrected chi connectivity index (χ2v) is 10.4. The number of aliphatic imine (C=N–C) groups is 1. The molecule has 182 valence electrons. The van der Waals surface area contributed by atoms with Crippen molar-refractivity contribution in [1.29, 1.82) is 0 Å². The molecular formula is C36H28N2. The maximum Gasteiger partial charge on any atom is 0.0958 e. The van der Waals surface area contributed by atoms with Crippen molar-refractivity contribution in [3.8, 4) is 0 Å². The van der Waals surface area contributed by atoms with Gasteiger partial charge in [-0.1, -0.05) is 105 Å². The van der Waals surface area contributed by atoms with Gasteiger partial charge in [-0.3, -0.25) is 9.98 Å². The predicted molar refractivity (Wildman–Crippen MR) is 159 cm³/mol. The van der Waals surface area contributed by atoms with Gasteiger partial charge in [0.15, 0.2) is 0 Å². The average Bonchev–Trinajstić information content (AvgIpc) is 2.96. The molecule has 1 aliphatic heterocycles. The van der Waals surface area contributed by atoms with Gasteiger partial charge in [0, 0.05) is 29.8 Å². The number of hydrogen-bond acceptors (Lipinski definition) is 2. The molecule has 1 aromatic heterocycles. The van der Waals surface area contributed by atoms with Crippen LogP contribution in [0, 0.1) is 17.8 Å². The lowest BCUT2D eigenvalue weighted by Gasteiger charge is -2.40. The Morgan fingerprint density at radius 2 is 1.61 bits per heavy atom. The maximum absolute atomic E-state index is 4.67. The van der Waals surface area contributed by atoms with Gasteiger partial charge in [0.1, 0.15) is 0 Å². The molecule has 0 saturated heterocycles. The molecule has 38 heavy (non-hydrogen) atoms. The van der Waals surface area contributed by atoms with Gasteiger partial charge in [0.25, 0.3) is 0 Å². The monoisotopic (exact) mass is 488 g/mol. The summed E-state index contributed by atoms with van der Waals surface area (Å²) < 4.78 is 0. The van der Waals surface area contributed by atoms with E-state index in [4.69, 9.17) is 0 Å². The minimum atomic E-state index is 0.238. The highest BCUT2D eigenvalue weighted by molar-refractivity contribution is 5.90. The number of rotatable bonds is 2. The van der Waals surface area contributed by atoms with E-state index in [9.17, 15) is 0 Å². The molecule has 0 amide bonds. The summed E-state index contributed by atoms with van der Waals surface area (Å²) in [4.78, 5) is 9.21. The molecule has 4 aliphatic carbocycles. The van der Waals surface area contributed by atoms with Gasteiger partial charge >= 0.3 is 0 Å². The molecule has 0 fully saturated rings. The fraction of sp³-hybridized carbons (Fsp3) is 0.111. The number of benzene rings is 1. The average molecular weight is 489 g/mol. The van der Waals surface area contributed by atoms with Gasteiger partial charge in [-0.2, -0.15) is 0 Å². The molecule has 2 heteroatoms. The van der Waals surface area contributed by atoms with Crippen LogP contribution in [0.5, 0.6) is 0 Å². The topological polar surface area (TPSA) is 25.2 Å². The molecule has 0 spiro atoms. The fourth-order valence-electron chi connectivity index (χ4n) is 6.25. The summed E-state index contributed by atoms with van der Waals surface area (Å²) in [7, 11) is 0. The second kappa shape index (κ2) is 9.08. The van der Waals surface area contributed by atoms with Crippen LogP contribution in [0.2, 0.25) is 0 Å². The molecular weight excluding hydrogens is 460 g/mol. The van der Waals surface area contributed by atoms with Gasteiger partial charge in [0.2, 0.25) is 0 Å². The third-order valence-electron chi connectivity index (χ3n) is 8.02. The third kappa shape index (κ3) is 3.72. The molecule has 0 N–H and O–H groups in total. The SMILES string of the molecule is C=C1N=C/C=C\C(C)/C=C(/c2cccc(C3=C4C=CC5=CC=CC6=CC=C(C=C3)C4C56)c2)c2cccnc21. The first-order valence-electron chi connectivity index (χ1n) is 13.3. The Bertz CT molecular complexity index is 1690. The first-order chi connectivity index (χ1) is 18.7. The van der Waals surface area contributed by atoms with E-state index in [1.54, 1.807) is 6.21 Å². The summed E-state index contributed by atoms with van der Waals surface area (Å²) in [6.45, 7) is 6.40. The van der Waals surface area contributed by atoms with Crippen molar-refractivity contribution in [1.82, 2.24) is 4.98 Å². The maximum atomic E-state index is 4.67. The summed E-state index contributed by atoms with van der Waals surface area (Å²) in [5, 5.41) is 0. The van der Waals surface area contributed by atoms with Crippen molar-refractivity contribution < 1.29 is 0 Å². The van der Waals surface area contributed by atoms with Crippen molar-refractivity contribution in [2.24, 2.45) is 22.7 Å². The van der Waals surface area contributed by atoms with E-state index < -0.39 is 0 Å². The minimum Gasteiger partial charge on any atom is -0.255 e. The van der Waals surface area contributed by atoms with E-state index >= 15 is 0 Å². The van der Waals surface area contributed by atoms with Crippen LogP contribution < -0.4 is 0 Å². The fourth-order valence-corrected chi connectivity index (χ4v) is 6.25. The Morgan fingerprint density at radius 1 is 0.789 bits per heavy atom. The van der Waals surface area contributed by atoms with Gasteiger partial charge in [0.05, 0.1) is 11.4 Å². The molecule has 0 saturated carbocycles. The van der Waals surface area contributed by atoms with E-state index in [0.717, 1.165) is 16.8 Å². The third-order valence-corrected chi connectivity index (χ3v) is 8.02. The summed E-state index contributed by atoms with van der Waals surface area (Å²) in [5.74, 6) is 1.01. The predicted octanol–water partition coefficient (Wildman–Crippen LogP) is 8.25. The molecule has 0 radical (unpaired) electrons. The lowest BCUT2D eigenvalue weighted by molar-refractivity contribution is 0.566. The zero-order valence-corrected chi connectivity index (χ0v) is 21.4. The highest BCUT2D eigenvalue weighted by Crippen LogP contribution is 2.51. The Kier molecular flexibility index (Phi) is 5.40. The number of allylic oxidation sites excluding steroid dienone is 17. The van der Waals surface area contributed by atoms with Crippen molar-refractivity contribution in [3.63, 3.8) is 0 Å². The van der Waals surface area contributed by atoms with Crippen molar-refractivity contribution >= 4 is 23.1 Å². The smallest absolute Gasteiger partial charge is 0.0958 e. The van der Waals surface area contributed by atoms with Crippen LogP contribution in [0.4, 0.5) is 0 Å². The Labute approximate surface area is 224 Å². The summed E-state index contributed by atoms with van der Waals surface area (Å²) in [5.41, 5.74) is 13.0. The summed E-state index contributed by atoms with van der Waals surface area (Å²) in [6, 6.07) is 13.1. The number of hydrogen-bond donors (Lipinski definition) is 0. The van der Waals surface area contributed by atoms with Crippen LogP contribution in [0.1, 0.15) is 29.3 Å². The molecule has 2 aromatic rings. The number of nitrogens with zero attached hydrogens (tertiary/aromatic N) is 2. The lowest BCUT2D eigenvalue weighted by atomic mass is 9.63. The van der Waals surface area contributed by atoms with Crippen molar-refractivity contribution in [2.75, 3.05) is 0 Å². The van der Waals surface area contributed by atoms with E-state index in [1.165, 1.54) is 39.0 Å². The van der Waals surface area contributed by atoms with E-state index in [2.05, 4.69) is 121 Å². The standard InChI is InChI=1S/C36H28N2/c1-23-7-5-19-37-24(2)36-32(12-6-20-38-36)33(21-23)29-11-4-10-28(22-29)30-17-15-27-14-13-25-8-3-9-26-16-18-31(30)35(27)34(25)26/h3-23,34-35H,2H2,1H3/b7-5-,33-21-,37-19?. The lowest BCUT2D eigenvalue weighted by Crippen LogP contribution is -2.29. The molecule has 3 atom stereocenters. The van der Waals surface area contributed by atoms with Crippen LogP contribution in [0.3, 0.4) is 0 Å². The van der Waals surface area contributed by atoms with E-state index in [-0.39, 0.29) is 5.92 Å². The van der Waals surface area contributed by atoms with Gasteiger partial charge in [-0.15, -0.1) is 0 Å². The van der Waals surface area contributed by atoms with Crippen LogP contribution >= 0.6 is 0 Å². The Hall–Kier alpha value is -4.56. The van der Waals surface area contributed by atoms with E-state index in [0.29, 0.717) is 17.5 Å². The van der Waals surface area contributed by atoms with Crippen LogP contribution in [0.15, 0.2) is 149 Å². The normalized spacial score (nSPS) is 27.0. The van der Waals surface area contributed by atoms with Gasteiger partial charge in [-0.05, 0) is 68.7 Å². The Balaban J connectivity index is 1.37. The largest absolute Gasteiger partial charge is 0.255 e. The van der Waals surface area contributed by atoms with E-state index in [1.807, 2.05) is 18.3 Å². The van der Waals surface area contributed by atoms with Crippen LogP contribution in [0.25, 0.3) is 16.8 Å². The molecule has 0 bridgehead atoms. The summed E-state index contributed by atoms with van der Waals surface area (Å²) in [6.07, 6.45) is 30.6. The number of pyridine rings is 1. The van der Waals surface area contributed by atoms with Crippen molar-refractivity contribution in [2.45, 2.75) is 6.92 Å². The van der Waals surface area contributed by atoms with Crippen LogP contribution in [-0.2, 0) is 0 Å². The first-order valence-corrected chi connectivity index (χ1v) is 13.3. The molecule has 2 heterocycles. The number of aromatic nitrogens is 1. The minimum absolute atomic E-state index is 0.238. The molecule has 7 rings (SSSR count). The molecule has 1 aromatic carbocycles. The zero-order valence-electron chi connectivity index (χ0n) is 21.4. The summed E-state index contributed by atoms with van der Waals surface area (Å²) >= 11 is 0. The molecule has 2 nitrogen and oxygen atoms in total. The van der Waals surface area contributed by atoms with Crippen molar-refractivity contribution in [3.05, 3.63) is 167 Å². The van der Waals surface area contributed by atoms with Gasteiger partial charge < -0.3 is 0 Å². The zero-order chi connectivity index (χ0) is 25.6. The number of fused-ring (bicyclic) bond motifs is 1. The first kappa shape index (κ1) is 22.6. The highest BCUT2D eigenvalue weighted by Gasteiger charge is 2.38. The Morgan fingerprint density at radius 3 is 2.53 bits per heavy atom. The van der Waals surface area contributed by atoms with Gasteiger partial charge in [-0.25, -0.2) is 0 Å². The molecule has 5 aliphatic rings.